The molecule has 6 nitrogen and oxygen atoms in total. The normalized spacial score (nSPS) is 17.4. The quantitative estimate of drug-likeness (QED) is 0.667. The van der Waals surface area contributed by atoms with Gasteiger partial charge in [0.2, 0.25) is 0 Å². The minimum Gasteiger partial charge on any atom is -0.611 e. The molecule has 2 amide bonds. The van der Waals surface area contributed by atoms with E-state index in [4.69, 9.17) is 0 Å². The van der Waals surface area contributed by atoms with Crippen LogP contribution in [0.15, 0.2) is 58.6 Å². The number of nitriles is 2. The van der Waals surface area contributed by atoms with E-state index in [-0.39, 0.29) is 28.3 Å². The number of hydrogen-bond donors (Lipinski definition) is 1. The molecule has 0 fully saturated rings. The molecule has 2 aromatic rings. The Kier molecular flexibility index (Phi) is 6.49. The number of nitrogens with zero attached hydrogens (tertiary/aromatic N) is 3. The summed E-state index contributed by atoms with van der Waals surface area (Å²) < 4.78 is 52.0. The Morgan fingerprint density at radius 1 is 1.19 bits per heavy atom. The van der Waals surface area contributed by atoms with Gasteiger partial charge in [-0.2, -0.15) is 23.7 Å². The number of amides is 2. The Hall–Kier alpha value is -3.47. The summed E-state index contributed by atoms with van der Waals surface area (Å²) in [5, 5.41) is 21.6. The van der Waals surface area contributed by atoms with Gasteiger partial charge in [0.05, 0.1) is 40.6 Å². The molecule has 1 aliphatic rings. The van der Waals surface area contributed by atoms with Crippen LogP contribution in [0.25, 0.3) is 0 Å². The van der Waals surface area contributed by atoms with Gasteiger partial charge in [-0.15, -0.1) is 0 Å². The molecule has 1 heterocycles. The van der Waals surface area contributed by atoms with Gasteiger partial charge in [0.15, 0.2) is 4.90 Å². The van der Waals surface area contributed by atoms with Gasteiger partial charge < -0.3 is 9.87 Å². The maximum Gasteiger partial charge on any atom is 0.416 e. The summed E-state index contributed by atoms with van der Waals surface area (Å²) in [7, 11) is 0. The van der Waals surface area contributed by atoms with Crippen LogP contribution < -0.4 is 10.2 Å². The standard InChI is InChI=1S/C22H17F3N4O2S/c1-3-32(31)19-9-14(11-26)7-8-17(19)20-18(12-27)13(2)29(21(30)28-20)16-6-4-5-15(10-16)22(23,24)25/h4-10,20H,3H2,1-2H3,(H,28,30)/t20-,32?/m1/s1. The van der Waals surface area contributed by atoms with E-state index in [0.717, 1.165) is 17.0 Å². The van der Waals surface area contributed by atoms with Crippen molar-refractivity contribution >= 4 is 22.9 Å². The highest BCUT2D eigenvalue weighted by atomic mass is 32.2. The average Bonchev–Trinajstić information content (AvgIpc) is 2.77. The largest absolute Gasteiger partial charge is 0.611 e. The van der Waals surface area contributed by atoms with Crippen LogP contribution in [0.1, 0.15) is 36.6 Å². The van der Waals surface area contributed by atoms with Crippen molar-refractivity contribution < 1.29 is 22.5 Å². The summed E-state index contributed by atoms with van der Waals surface area (Å²) in [4.78, 5) is 14.3. The van der Waals surface area contributed by atoms with Crippen molar-refractivity contribution in [2.45, 2.75) is 31.0 Å². The minimum atomic E-state index is -4.60. The first kappa shape index (κ1) is 23.2. The second kappa shape index (κ2) is 8.95. The molecule has 0 saturated heterocycles. The molecule has 0 aliphatic carbocycles. The summed E-state index contributed by atoms with van der Waals surface area (Å²) in [6, 6.07) is 11.0. The number of urea groups is 1. The molecule has 0 saturated carbocycles. The monoisotopic (exact) mass is 458 g/mol. The summed E-state index contributed by atoms with van der Waals surface area (Å²) in [5.41, 5.74) is -0.0731. The van der Waals surface area contributed by atoms with Crippen LogP contribution >= 0.6 is 0 Å². The van der Waals surface area contributed by atoms with E-state index in [1.165, 1.54) is 37.3 Å². The van der Waals surface area contributed by atoms with E-state index in [1.807, 2.05) is 12.1 Å². The fourth-order valence-corrected chi connectivity index (χ4v) is 4.47. The van der Waals surface area contributed by atoms with Crippen molar-refractivity contribution in [3.8, 4) is 12.1 Å². The van der Waals surface area contributed by atoms with Crippen LogP contribution in [0.3, 0.4) is 0 Å². The second-order valence-corrected chi connectivity index (χ2v) is 8.58. The Balaban J connectivity index is 2.14. The number of carbonyl (C=O) groups is 1. The lowest BCUT2D eigenvalue weighted by Gasteiger charge is -2.34. The van der Waals surface area contributed by atoms with Crippen molar-refractivity contribution in [2.24, 2.45) is 0 Å². The molecule has 1 N–H and O–H groups in total. The first-order chi connectivity index (χ1) is 15.1. The number of hydrogen-bond acceptors (Lipinski definition) is 4. The molecule has 3 rings (SSSR count). The number of benzene rings is 2. The van der Waals surface area contributed by atoms with Gasteiger partial charge in [0.25, 0.3) is 0 Å². The SMILES string of the molecule is CC[S+]([O-])c1cc(C#N)ccc1[C@H]1NC(=O)N(c2cccc(C(F)(F)F)c2)C(C)=C1C#N. The lowest BCUT2D eigenvalue weighted by Crippen LogP contribution is -2.46. The maximum atomic E-state index is 13.1. The van der Waals surface area contributed by atoms with Crippen molar-refractivity contribution in [3.63, 3.8) is 0 Å². The van der Waals surface area contributed by atoms with Gasteiger partial charge in [0, 0.05) is 17.3 Å². The van der Waals surface area contributed by atoms with Crippen LogP contribution in [0.5, 0.6) is 0 Å². The molecular weight excluding hydrogens is 441 g/mol. The van der Waals surface area contributed by atoms with E-state index in [0.29, 0.717) is 10.5 Å². The smallest absolute Gasteiger partial charge is 0.416 e. The number of allylic oxidation sites excluding steroid dienone is 1. The van der Waals surface area contributed by atoms with E-state index in [9.17, 15) is 33.0 Å². The number of nitrogens with one attached hydrogen (secondary N) is 1. The number of anilines is 1. The molecular formula is C22H17F3N4O2S. The molecule has 0 radical (unpaired) electrons. The molecule has 10 heteroatoms. The highest BCUT2D eigenvalue weighted by Crippen LogP contribution is 2.38. The van der Waals surface area contributed by atoms with Crippen LogP contribution in [0, 0.1) is 22.7 Å². The Labute approximate surface area is 185 Å². The third kappa shape index (κ3) is 4.28. The first-order valence-electron chi connectivity index (χ1n) is 9.43. The maximum absolute atomic E-state index is 13.1. The van der Waals surface area contributed by atoms with E-state index in [2.05, 4.69) is 5.32 Å². The van der Waals surface area contributed by atoms with Gasteiger partial charge in [-0.05, 0) is 49.3 Å². The first-order valence-corrected chi connectivity index (χ1v) is 10.8. The third-order valence-corrected chi connectivity index (χ3v) is 6.37. The number of carbonyl (C=O) groups excluding carboxylic acids is 1. The van der Waals surface area contributed by atoms with E-state index >= 15 is 0 Å². The number of alkyl halides is 3. The predicted molar refractivity (Wildman–Crippen MR) is 112 cm³/mol. The molecule has 32 heavy (non-hydrogen) atoms. The molecule has 0 bridgehead atoms. The van der Waals surface area contributed by atoms with Crippen LogP contribution in [0.2, 0.25) is 0 Å². The molecule has 2 atom stereocenters. The van der Waals surface area contributed by atoms with Crippen molar-refractivity contribution in [1.29, 1.82) is 10.5 Å². The molecule has 1 aliphatic heterocycles. The third-order valence-electron chi connectivity index (χ3n) is 5.00. The Bertz CT molecular complexity index is 1180. The van der Waals surface area contributed by atoms with Gasteiger partial charge >= 0.3 is 12.2 Å². The minimum absolute atomic E-state index is 0.0433. The average molecular weight is 458 g/mol. The molecule has 0 spiro atoms. The Morgan fingerprint density at radius 2 is 1.91 bits per heavy atom. The Morgan fingerprint density at radius 3 is 2.50 bits per heavy atom. The molecule has 1 unspecified atom stereocenters. The van der Waals surface area contributed by atoms with Gasteiger partial charge in [-0.3, -0.25) is 4.90 Å². The van der Waals surface area contributed by atoms with Crippen molar-refractivity contribution in [3.05, 3.63) is 70.4 Å². The second-order valence-electron chi connectivity index (χ2n) is 6.88. The molecule has 0 aromatic heterocycles. The van der Waals surface area contributed by atoms with Gasteiger partial charge in [-0.1, -0.05) is 12.1 Å². The highest BCUT2D eigenvalue weighted by molar-refractivity contribution is 7.91. The molecule has 2 aromatic carbocycles. The summed E-state index contributed by atoms with van der Waals surface area (Å²) in [5.74, 6) is 0.253. The topological polar surface area (TPSA) is 103 Å². The van der Waals surface area contributed by atoms with E-state index < -0.39 is 35.0 Å². The van der Waals surface area contributed by atoms with Crippen LogP contribution in [-0.2, 0) is 17.4 Å². The van der Waals surface area contributed by atoms with Gasteiger partial charge in [-0.25, -0.2) is 4.79 Å². The van der Waals surface area contributed by atoms with E-state index in [1.54, 1.807) is 6.92 Å². The molecule has 164 valence electrons. The van der Waals surface area contributed by atoms with Crippen LogP contribution in [0.4, 0.5) is 23.7 Å². The van der Waals surface area contributed by atoms with Crippen molar-refractivity contribution in [1.82, 2.24) is 5.32 Å². The fourth-order valence-electron chi connectivity index (χ4n) is 3.45. The fraction of sp³-hybridized carbons (Fsp3) is 0.227. The highest BCUT2D eigenvalue weighted by Gasteiger charge is 2.37. The van der Waals surface area contributed by atoms with Gasteiger partial charge in [0.1, 0.15) is 5.75 Å². The summed E-state index contributed by atoms with van der Waals surface area (Å²) in [6.07, 6.45) is -4.60. The lowest BCUT2D eigenvalue weighted by molar-refractivity contribution is -0.137. The van der Waals surface area contributed by atoms with Crippen LogP contribution in [-0.4, -0.2) is 16.3 Å². The zero-order valence-electron chi connectivity index (χ0n) is 17.0. The lowest BCUT2D eigenvalue weighted by atomic mass is 9.94. The summed E-state index contributed by atoms with van der Waals surface area (Å²) in [6.45, 7) is 3.16. The summed E-state index contributed by atoms with van der Waals surface area (Å²) >= 11 is -1.49. The number of rotatable bonds is 4. The van der Waals surface area contributed by atoms with Crippen molar-refractivity contribution in [2.75, 3.05) is 10.7 Å². The predicted octanol–water partition coefficient (Wildman–Crippen LogP) is 4.77. The zero-order chi connectivity index (χ0) is 23.6. The number of halogens is 3. The zero-order valence-corrected chi connectivity index (χ0v) is 17.8.